The largest absolute Gasteiger partial charge is 0.379 e. The van der Waals surface area contributed by atoms with E-state index in [-0.39, 0.29) is 0 Å². The predicted molar refractivity (Wildman–Crippen MR) is 95.9 cm³/mol. The van der Waals surface area contributed by atoms with E-state index < -0.39 is 10.0 Å². The zero-order valence-electron chi connectivity index (χ0n) is 14.2. The van der Waals surface area contributed by atoms with Crippen molar-refractivity contribution < 1.29 is 13.2 Å². The molecule has 7 heteroatoms. The van der Waals surface area contributed by atoms with Crippen LogP contribution in [0.2, 0.25) is 0 Å². The topological polar surface area (TPSA) is 62.7 Å². The molecule has 0 spiro atoms. The Kier molecular flexibility index (Phi) is 4.73. The van der Waals surface area contributed by atoms with E-state index in [4.69, 9.17) is 4.74 Å². The van der Waals surface area contributed by atoms with Crippen molar-refractivity contribution in [3.05, 3.63) is 36.5 Å². The van der Waals surface area contributed by atoms with Gasteiger partial charge in [0, 0.05) is 43.8 Å². The second-order valence-electron chi connectivity index (χ2n) is 6.61. The highest BCUT2D eigenvalue weighted by Gasteiger charge is 2.33. The molecule has 0 unspecified atom stereocenters. The Bertz CT molecular complexity index is 836. The van der Waals surface area contributed by atoms with Gasteiger partial charge in [0.25, 0.3) is 0 Å². The maximum Gasteiger partial charge on any atom is 0.245 e. The summed E-state index contributed by atoms with van der Waals surface area (Å²) in [6.45, 7) is 4.58. The Morgan fingerprint density at radius 1 is 1.00 bits per heavy atom. The SMILES string of the molecule is O=S(=O)(c1cccc2cccnc12)N1CCC(N2CCOCC2)CC1. The molecule has 2 fully saturated rings. The van der Waals surface area contributed by atoms with Gasteiger partial charge in [-0.15, -0.1) is 0 Å². The molecule has 1 aromatic carbocycles. The normalized spacial score (nSPS) is 21.6. The van der Waals surface area contributed by atoms with E-state index in [9.17, 15) is 8.42 Å². The van der Waals surface area contributed by atoms with Gasteiger partial charge in [-0.05, 0) is 25.0 Å². The molecule has 2 saturated heterocycles. The summed E-state index contributed by atoms with van der Waals surface area (Å²) < 4.78 is 33.3. The fraction of sp³-hybridized carbons (Fsp3) is 0.500. The van der Waals surface area contributed by atoms with Gasteiger partial charge in [0.1, 0.15) is 4.90 Å². The van der Waals surface area contributed by atoms with Crippen LogP contribution in [0.1, 0.15) is 12.8 Å². The molecule has 3 heterocycles. The third-order valence-corrected chi connectivity index (χ3v) is 7.13. The lowest BCUT2D eigenvalue weighted by Gasteiger charge is -2.39. The van der Waals surface area contributed by atoms with Crippen LogP contribution in [-0.2, 0) is 14.8 Å². The molecule has 0 saturated carbocycles. The lowest BCUT2D eigenvalue weighted by Crippen LogP contribution is -2.50. The second-order valence-corrected chi connectivity index (χ2v) is 8.52. The van der Waals surface area contributed by atoms with Gasteiger partial charge in [0.15, 0.2) is 0 Å². The lowest BCUT2D eigenvalue weighted by molar-refractivity contribution is 0.00610. The molecule has 2 aliphatic heterocycles. The van der Waals surface area contributed by atoms with Crippen molar-refractivity contribution in [2.45, 2.75) is 23.8 Å². The molecule has 2 aromatic rings. The monoisotopic (exact) mass is 361 g/mol. The lowest BCUT2D eigenvalue weighted by atomic mass is 10.0. The highest BCUT2D eigenvalue weighted by molar-refractivity contribution is 7.89. The third-order valence-electron chi connectivity index (χ3n) is 5.20. The van der Waals surface area contributed by atoms with Gasteiger partial charge < -0.3 is 4.74 Å². The van der Waals surface area contributed by atoms with Crippen LogP contribution in [0.4, 0.5) is 0 Å². The maximum absolute atomic E-state index is 13.1. The minimum Gasteiger partial charge on any atom is -0.379 e. The summed E-state index contributed by atoms with van der Waals surface area (Å²) in [6.07, 6.45) is 3.39. The van der Waals surface area contributed by atoms with Gasteiger partial charge in [-0.3, -0.25) is 9.88 Å². The molecule has 134 valence electrons. The van der Waals surface area contributed by atoms with E-state index in [2.05, 4.69) is 9.88 Å². The molecule has 0 atom stereocenters. The summed E-state index contributed by atoms with van der Waals surface area (Å²) in [5, 5.41) is 0.853. The molecule has 25 heavy (non-hydrogen) atoms. The van der Waals surface area contributed by atoms with E-state index >= 15 is 0 Å². The van der Waals surface area contributed by atoms with Crippen LogP contribution in [0, 0.1) is 0 Å². The molecule has 0 bridgehead atoms. The minimum absolute atomic E-state index is 0.315. The molecule has 0 aliphatic carbocycles. The second kappa shape index (κ2) is 6.99. The average molecular weight is 361 g/mol. The van der Waals surface area contributed by atoms with Crippen LogP contribution < -0.4 is 0 Å². The summed E-state index contributed by atoms with van der Waals surface area (Å²) in [7, 11) is -3.52. The molecule has 2 aliphatic rings. The highest BCUT2D eigenvalue weighted by Crippen LogP contribution is 2.27. The number of rotatable bonds is 3. The number of morpholine rings is 1. The van der Waals surface area contributed by atoms with Crippen molar-refractivity contribution in [3.8, 4) is 0 Å². The van der Waals surface area contributed by atoms with Crippen LogP contribution in [0.5, 0.6) is 0 Å². The van der Waals surface area contributed by atoms with Crippen molar-refractivity contribution >= 4 is 20.9 Å². The average Bonchev–Trinajstić information content (AvgIpc) is 2.68. The zero-order valence-corrected chi connectivity index (χ0v) is 15.0. The van der Waals surface area contributed by atoms with Gasteiger partial charge in [-0.25, -0.2) is 8.42 Å². The number of benzene rings is 1. The number of para-hydroxylation sites is 1. The fourth-order valence-corrected chi connectivity index (χ4v) is 5.45. The summed E-state index contributed by atoms with van der Waals surface area (Å²) in [5.74, 6) is 0. The fourth-order valence-electron chi connectivity index (χ4n) is 3.81. The first-order valence-electron chi connectivity index (χ1n) is 8.82. The number of ether oxygens (including phenoxy) is 1. The molecule has 4 rings (SSSR count). The number of pyridine rings is 1. The smallest absolute Gasteiger partial charge is 0.245 e. The van der Waals surface area contributed by atoms with Crippen LogP contribution in [0.25, 0.3) is 10.9 Å². The first-order valence-corrected chi connectivity index (χ1v) is 10.3. The number of nitrogens with zero attached hydrogens (tertiary/aromatic N) is 3. The molecule has 1 aromatic heterocycles. The quantitative estimate of drug-likeness (QED) is 0.833. The Balaban J connectivity index is 1.53. The predicted octanol–water partition coefficient (Wildman–Crippen LogP) is 1.72. The van der Waals surface area contributed by atoms with Gasteiger partial charge in [-0.2, -0.15) is 4.31 Å². The van der Waals surface area contributed by atoms with Crippen LogP contribution in [0.15, 0.2) is 41.4 Å². The molecule has 0 radical (unpaired) electrons. The van der Waals surface area contributed by atoms with E-state index in [1.165, 1.54) is 0 Å². The highest BCUT2D eigenvalue weighted by atomic mass is 32.2. The van der Waals surface area contributed by atoms with Crippen LogP contribution in [0.3, 0.4) is 0 Å². The molecule has 6 nitrogen and oxygen atoms in total. The minimum atomic E-state index is -3.52. The summed E-state index contributed by atoms with van der Waals surface area (Å²) in [6, 6.07) is 9.53. The van der Waals surface area contributed by atoms with Crippen molar-refractivity contribution in [2.75, 3.05) is 39.4 Å². The van der Waals surface area contributed by atoms with E-state index in [0.29, 0.717) is 29.5 Å². The Labute approximate surface area is 148 Å². The molecule has 0 amide bonds. The summed E-state index contributed by atoms with van der Waals surface area (Å²) in [5.41, 5.74) is 0.556. The number of hydrogen-bond donors (Lipinski definition) is 0. The van der Waals surface area contributed by atoms with Gasteiger partial charge in [0.2, 0.25) is 10.0 Å². The first kappa shape index (κ1) is 16.9. The molecular formula is C18H23N3O3S. The Morgan fingerprint density at radius 2 is 1.72 bits per heavy atom. The maximum atomic E-state index is 13.1. The van der Waals surface area contributed by atoms with Crippen LogP contribution in [-0.4, -0.2) is 68.0 Å². The number of sulfonamides is 1. The Morgan fingerprint density at radius 3 is 2.48 bits per heavy atom. The van der Waals surface area contributed by atoms with Crippen molar-refractivity contribution in [3.63, 3.8) is 0 Å². The standard InChI is InChI=1S/C18H23N3O3S/c22-25(23,17-5-1-3-15-4-2-8-19-18(15)17)21-9-6-16(7-10-21)20-11-13-24-14-12-20/h1-5,8,16H,6-7,9-14H2. The van der Waals surface area contributed by atoms with Gasteiger partial charge >= 0.3 is 0 Å². The van der Waals surface area contributed by atoms with Gasteiger partial charge in [-0.1, -0.05) is 18.2 Å². The molecule has 0 N–H and O–H groups in total. The first-order chi connectivity index (χ1) is 12.2. The number of piperidine rings is 1. The van der Waals surface area contributed by atoms with E-state index in [1.807, 2.05) is 18.2 Å². The van der Waals surface area contributed by atoms with Crippen molar-refractivity contribution in [2.24, 2.45) is 0 Å². The zero-order chi connectivity index (χ0) is 17.3. The Hall–Kier alpha value is -1.54. The van der Waals surface area contributed by atoms with Crippen molar-refractivity contribution in [1.29, 1.82) is 0 Å². The van der Waals surface area contributed by atoms with E-state index in [0.717, 1.165) is 44.5 Å². The third kappa shape index (κ3) is 3.29. The summed E-state index contributed by atoms with van der Waals surface area (Å²) >= 11 is 0. The van der Waals surface area contributed by atoms with Crippen LogP contribution >= 0.6 is 0 Å². The number of hydrogen-bond acceptors (Lipinski definition) is 5. The number of fused-ring (bicyclic) bond motifs is 1. The van der Waals surface area contributed by atoms with Crippen molar-refractivity contribution in [1.82, 2.24) is 14.2 Å². The van der Waals surface area contributed by atoms with E-state index in [1.54, 1.807) is 22.6 Å². The molecular weight excluding hydrogens is 338 g/mol. The number of aromatic nitrogens is 1. The van der Waals surface area contributed by atoms with Gasteiger partial charge in [0.05, 0.1) is 18.7 Å². The summed E-state index contributed by atoms with van der Waals surface area (Å²) in [4.78, 5) is 7.06.